The molecule has 0 aliphatic heterocycles. The van der Waals surface area contributed by atoms with E-state index in [0.717, 1.165) is 12.1 Å². The van der Waals surface area contributed by atoms with Gasteiger partial charge in [0, 0.05) is 5.56 Å². The molecule has 0 aliphatic carbocycles. The molecule has 0 N–H and O–H groups in total. The Morgan fingerprint density at radius 1 is 0.870 bits per heavy atom. The van der Waals surface area contributed by atoms with Gasteiger partial charge in [-0.1, -0.05) is 24.0 Å². The van der Waals surface area contributed by atoms with Gasteiger partial charge in [-0.25, -0.2) is 17.6 Å². The fourth-order valence-electron chi connectivity index (χ4n) is 2.01. The summed E-state index contributed by atoms with van der Waals surface area (Å²) in [5.74, 6) is 1.17. The topological polar surface area (TPSA) is 0 Å². The van der Waals surface area contributed by atoms with Crippen LogP contribution in [0.4, 0.5) is 17.6 Å². The van der Waals surface area contributed by atoms with Crippen LogP contribution in [-0.4, -0.2) is 0 Å². The Morgan fingerprint density at radius 3 is 2.17 bits per heavy atom. The Kier molecular flexibility index (Phi) is 5.59. The lowest BCUT2D eigenvalue weighted by Crippen LogP contribution is -1.95. The molecule has 0 spiro atoms. The van der Waals surface area contributed by atoms with Gasteiger partial charge in [0.15, 0.2) is 11.6 Å². The molecule has 0 heterocycles. The van der Waals surface area contributed by atoms with E-state index in [4.69, 9.17) is 0 Å². The van der Waals surface area contributed by atoms with Crippen LogP contribution < -0.4 is 0 Å². The Balaban J connectivity index is 2.27. The van der Waals surface area contributed by atoms with E-state index in [2.05, 4.69) is 11.8 Å². The molecule has 0 nitrogen and oxygen atoms in total. The minimum Gasteiger partial charge on any atom is -0.206 e. The third-order valence-electron chi connectivity index (χ3n) is 3.19. The van der Waals surface area contributed by atoms with E-state index < -0.39 is 23.3 Å². The van der Waals surface area contributed by atoms with E-state index in [1.54, 1.807) is 0 Å². The molecular formula is C19H14F4. The van der Waals surface area contributed by atoms with Crippen molar-refractivity contribution in [1.82, 2.24) is 0 Å². The number of benzene rings is 2. The van der Waals surface area contributed by atoms with Crippen LogP contribution >= 0.6 is 0 Å². The van der Waals surface area contributed by atoms with Crippen molar-refractivity contribution < 1.29 is 17.6 Å². The maximum atomic E-state index is 14.0. The molecule has 0 amide bonds. The number of hydrogen-bond donors (Lipinski definition) is 0. The molecule has 0 saturated carbocycles. The first-order chi connectivity index (χ1) is 11.0. The molecule has 4 heteroatoms. The van der Waals surface area contributed by atoms with Crippen LogP contribution in [0.1, 0.15) is 30.0 Å². The molecule has 0 unspecified atom stereocenters. The largest absolute Gasteiger partial charge is 0.206 e. The van der Waals surface area contributed by atoms with Crippen molar-refractivity contribution in [2.45, 2.75) is 19.8 Å². The summed E-state index contributed by atoms with van der Waals surface area (Å²) in [6.45, 7) is 1.87. The molecule has 0 atom stereocenters. The number of allylic oxidation sites excluding steroid dienone is 2. The third-order valence-corrected chi connectivity index (χ3v) is 3.19. The predicted octanol–water partition coefficient (Wildman–Crippen LogP) is 5.15. The average Bonchev–Trinajstić information content (AvgIpc) is 2.50. The second-order valence-corrected chi connectivity index (χ2v) is 4.92. The Hall–Kier alpha value is -2.54. The monoisotopic (exact) mass is 318 g/mol. The van der Waals surface area contributed by atoms with E-state index in [0.29, 0.717) is 18.4 Å². The van der Waals surface area contributed by atoms with Crippen molar-refractivity contribution in [3.63, 3.8) is 0 Å². The molecule has 0 radical (unpaired) electrons. The van der Waals surface area contributed by atoms with Gasteiger partial charge in [0.25, 0.3) is 0 Å². The zero-order valence-electron chi connectivity index (χ0n) is 12.5. The second kappa shape index (κ2) is 7.64. The first-order valence-corrected chi connectivity index (χ1v) is 7.07. The minimum absolute atomic E-state index is 0.139. The van der Waals surface area contributed by atoms with Crippen LogP contribution in [0, 0.1) is 35.1 Å². The standard InChI is InChI=1S/C19H14F4/c1-2-3-4-5-14-11-17(21)15(18(22)12-14)8-6-13-7-9-16(20)19(23)10-13/h2-3,7,9-12H,4-5H2,1H3. The molecule has 0 aromatic heterocycles. The maximum Gasteiger partial charge on any atom is 0.160 e. The zero-order valence-corrected chi connectivity index (χ0v) is 12.5. The van der Waals surface area contributed by atoms with Gasteiger partial charge in [0.05, 0.1) is 5.56 Å². The fourth-order valence-corrected chi connectivity index (χ4v) is 2.01. The molecule has 2 rings (SSSR count). The fraction of sp³-hybridized carbons (Fsp3) is 0.158. The van der Waals surface area contributed by atoms with E-state index in [9.17, 15) is 17.6 Å². The Bertz CT molecular complexity index is 772. The van der Waals surface area contributed by atoms with Crippen LogP contribution in [0.3, 0.4) is 0 Å². The second-order valence-electron chi connectivity index (χ2n) is 4.92. The molecule has 118 valence electrons. The molecule has 2 aromatic rings. The van der Waals surface area contributed by atoms with E-state index in [1.807, 2.05) is 19.1 Å². The van der Waals surface area contributed by atoms with E-state index >= 15 is 0 Å². The lowest BCUT2D eigenvalue weighted by molar-refractivity contribution is 0.508. The number of hydrogen-bond acceptors (Lipinski definition) is 0. The van der Waals surface area contributed by atoms with Gasteiger partial charge >= 0.3 is 0 Å². The number of aryl methyl sites for hydroxylation is 1. The van der Waals surface area contributed by atoms with Crippen LogP contribution in [-0.2, 0) is 6.42 Å². The van der Waals surface area contributed by atoms with Crippen LogP contribution in [0.15, 0.2) is 42.5 Å². The van der Waals surface area contributed by atoms with E-state index in [1.165, 1.54) is 18.2 Å². The highest BCUT2D eigenvalue weighted by Crippen LogP contribution is 2.16. The van der Waals surface area contributed by atoms with Gasteiger partial charge in [0.1, 0.15) is 11.6 Å². The van der Waals surface area contributed by atoms with Crippen LogP contribution in [0.5, 0.6) is 0 Å². The SMILES string of the molecule is CC=CCCc1cc(F)c(C#Cc2ccc(F)c(F)c2)c(F)c1. The quantitative estimate of drug-likeness (QED) is 0.417. The van der Waals surface area contributed by atoms with Gasteiger partial charge in [-0.15, -0.1) is 0 Å². The van der Waals surface area contributed by atoms with Gasteiger partial charge in [-0.05, 0) is 55.7 Å². The molecule has 2 aromatic carbocycles. The summed E-state index contributed by atoms with van der Waals surface area (Å²) in [6, 6.07) is 5.51. The Morgan fingerprint density at radius 2 is 1.57 bits per heavy atom. The van der Waals surface area contributed by atoms with Crippen molar-refractivity contribution >= 4 is 0 Å². The number of rotatable bonds is 3. The summed E-state index contributed by atoms with van der Waals surface area (Å²) in [4.78, 5) is 0. The highest BCUT2D eigenvalue weighted by molar-refractivity contribution is 5.45. The maximum absolute atomic E-state index is 14.0. The van der Waals surface area contributed by atoms with Crippen LogP contribution in [0.25, 0.3) is 0 Å². The number of halogens is 4. The molecule has 0 bridgehead atoms. The molecular weight excluding hydrogens is 304 g/mol. The summed E-state index contributed by atoms with van der Waals surface area (Å²) in [5, 5.41) is 0. The summed E-state index contributed by atoms with van der Waals surface area (Å²) >= 11 is 0. The van der Waals surface area contributed by atoms with Crippen molar-refractivity contribution in [2.75, 3.05) is 0 Å². The molecule has 0 fully saturated rings. The van der Waals surface area contributed by atoms with Crippen molar-refractivity contribution in [1.29, 1.82) is 0 Å². The summed E-state index contributed by atoms with van der Waals surface area (Å²) in [6.07, 6.45) is 4.99. The van der Waals surface area contributed by atoms with Gasteiger partial charge in [-0.3, -0.25) is 0 Å². The first kappa shape index (κ1) is 16.8. The smallest absolute Gasteiger partial charge is 0.160 e. The van der Waals surface area contributed by atoms with Crippen molar-refractivity contribution in [3.8, 4) is 11.8 Å². The van der Waals surface area contributed by atoms with Crippen molar-refractivity contribution in [2.24, 2.45) is 0 Å². The third kappa shape index (κ3) is 4.46. The van der Waals surface area contributed by atoms with Gasteiger partial charge in [-0.2, -0.15) is 0 Å². The zero-order chi connectivity index (χ0) is 16.8. The lowest BCUT2D eigenvalue weighted by Gasteiger charge is -2.03. The predicted molar refractivity (Wildman–Crippen MR) is 81.8 cm³/mol. The van der Waals surface area contributed by atoms with Gasteiger partial charge in [0.2, 0.25) is 0 Å². The molecule has 0 aliphatic rings. The van der Waals surface area contributed by atoms with Gasteiger partial charge < -0.3 is 0 Å². The molecule has 23 heavy (non-hydrogen) atoms. The first-order valence-electron chi connectivity index (χ1n) is 7.07. The summed E-state index contributed by atoms with van der Waals surface area (Å²) in [7, 11) is 0. The average molecular weight is 318 g/mol. The summed E-state index contributed by atoms with van der Waals surface area (Å²) < 4.78 is 53.8. The normalized spacial score (nSPS) is 10.7. The highest BCUT2D eigenvalue weighted by atomic mass is 19.2. The van der Waals surface area contributed by atoms with Crippen molar-refractivity contribution in [3.05, 3.63) is 82.4 Å². The van der Waals surface area contributed by atoms with Crippen LogP contribution in [0.2, 0.25) is 0 Å². The Labute approximate surface area is 132 Å². The lowest BCUT2D eigenvalue weighted by atomic mass is 10.1. The van der Waals surface area contributed by atoms with E-state index in [-0.39, 0.29) is 11.1 Å². The summed E-state index contributed by atoms with van der Waals surface area (Å²) in [5.41, 5.74) is 0.292. The minimum atomic E-state index is -1.06. The highest BCUT2D eigenvalue weighted by Gasteiger charge is 2.09. The molecule has 0 saturated heterocycles.